The molecule has 7 nitrogen and oxygen atoms in total. The van der Waals surface area contributed by atoms with E-state index in [0.29, 0.717) is 16.9 Å². The lowest BCUT2D eigenvalue weighted by molar-refractivity contribution is -0.137. The number of imidazole rings is 1. The first-order valence-electron chi connectivity index (χ1n) is 7.66. The van der Waals surface area contributed by atoms with Crippen molar-refractivity contribution in [1.82, 2.24) is 14.7 Å². The number of carboxylic acid groups (broad SMARTS) is 1. The summed E-state index contributed by atoms with van der Waals surface area (Å²) < 4.78 is 6.83. The van der Waals surface area contributed by atoms with Crippen molar-refractivity contribution in [3.63, 3.8) is 0 Å². The minimum atomic E-state index is -0.994. The molecule has 7 heteroatoms. The minimum absolute atomic E-state index is 0.217. The maximum atomic E-state index is 12.5. The summed E-state index contributed by atoms with van der Waals surface area (Å²) >= 11 is 0. The quantitative estimate of drug-likeness (QED) is 0.719. The van der Waals surface area contributed by atoms with Crippen LogP contribution in [0, 0.1) is 0 Å². The molecule has 0 aliphatic heterocycles. The van der Waals surface area contributed by atoms with Crippen LogP contribution in [-0.2, 0) is 4.79 Å². The van der Waals surface area contributed by atoms with E-state index in [-0.39, 0.29) is 12.3 Å². The first-order valence-corrected chi connectivity index (χ1v) is 7.66. The molecule has 25 heavy (non-hydrogen) atoms. The van der Waals surface area contributed by atoms with Crippen LogP contribution in [0.3, 0.4) is 0 Å². The molecule has 0 aliphatic rings. The molecule has 0 fully saturated rings. The molecule has 0 spiro atoms. The van der Waals surface area contributed by atoms with E-state index < -0.39 is 12.0 Å². The predicted octanol–water partition coefficient (Wildman–Crippen LogP) is 2.29. The lowest BCUT2D eigenvalue weighted by Gasteiger charge is -2.18. The largest absolute Gasteiger partial charge is 0.497 e. The Bertz CT molecular complexity index is 902. The number of nitrogens with zero attached hydrogens (tertiary/aromatic N) is 2. The van der Waals surface area contributed by atoms with Gasteiger partial charge in [-0.2, -0.15) is 0 Å². The molecule has 0 bridgehead atoms. The Hall–Kier alpha value is -3.35. The van der Waals surface area contributed by atoms with E-state index in [9.17, 15) is 9.59 Å². The number of hydrogen-bond donors (Lipinski definition) is 2. The molecule has 2 aromatic heterocycles. The van der Waals surface area contributed by atoms with E-state index in [0.717, 1.165) is 5.65 Å². The number of nitrogens with one attached hydrogen (secondary N) is 1. The molecule has 0 aliphatic carbocycles. The number of carbonyl (C=O) groups is 2. The van der Waals surface area contributed by atoms with Crippen LogP contribution in [0.15, 0.2) is 55.0 Å². The Morgan fingerprint density at radius 1 is 1.24 bits per heavy atom. The second-order valence-electron chi connectivity index (χ2n) is 5.51. The van der Waals surface area contributed by atoms with Crippen LogP contribution >= 0.6 is 0 Å². The number of amides is 1. The zero-order valence-corrected chi connectivity index (χ0v) is 13.5. The fourth-order valence-corrected chi connectivity index (χ4v) is 2.56. The van der Waals surface area contributed by atoms with E-state index >= 15 is 0 Å². The smallest absolute Gasteiger partial charge is 0.305 e. The van der Waals surface area contributed by atoms with Crippen LogP contribution in [-0.4, -0.2) is 33.5 Å². The van der Waals surface area contributed by atoms with E-state index in [1.54, 1.807) is 66.5 Å². The average molecular weight is 339 g/mol. The Balaban J connectivity index is 1.82. The highest BCUT2D eigenvalue weighted by Crippen LogP contribution is 2.21. The van der Waals surface area contributed by atoms with Gasteiger partial charge in [-0.1, -0.05) is 12.1 Å². The number of benzene rings is 1. The molecule has 0 unspecified atom stereocenters. The van der Waals surface area contributed by atoms with Gasteiger partial charge < -0.3 is 19.6 Å². The molecule has 3 aromatic rings. The van der Waals surface area contributed by atoms with Gasteiger partial charge in [-0.05, 0) is 29.8 Å². The van der Waals surface area contributed by atoms with E-state index in [4.69, 9.17) is 9.84 Å². The van der Waals surface area contributed by atoms with Crippen LogP contribution in [0.1, 0.15) is 28.4 Å². The highest BCUT2D eigenvalue weighted by molar-refractivity contribution is 5.94. The van der Waals surface area contributed by atoms with E-state index in [1.807, 2.05) is 0 Å². The zero-order chi connectivity index (χ0) is 17.8. The predicted molar refractivity (Wildman–Crippen MR) is 90.6 cm³/mol. The maximum Gasteiger partial charge on any atom is 0.305 e. The molecule has 2 heterocycles. The van der Waals surface area contributed by atoms with E-state index in [2.05, 4.69) is 10.3 Å². The van der Waals surface area contributed by atoms with Gasteiger partial charge in [-0.25, -0.2) is 4.98 Å². The SMILES string of the molecule is COc1ccc([C@@H](CC(=O)O)NC(=O)c2ccc3nccn3c2)cc1. The van der Waals surface area contributed by atoms with Crippen LogP contribution in [0.4, 0.5) is 0 Å². The second kappa shape index (κ2) is 7.04. The number of aliphatic carboxylic acids is 1. The molecular formula is C18H17N3O4. The van der Waals surface area contributed by atoms with Crippen molar-refractivity contribution in [1.29, 1.82) is 0 Å². The molecule has 0 radical (unpaired) electrons. The number of fused-ring (bicyclic) bond motifs is 1. The number of aromatic nitrogens is 2. The number of ether oxygens (including phenoxy) is 1. The molecule has 1 aromatic carbocycles. The summed E-state index contributed by atoms with van der Waals surface area (Å²) in [7, 11) is 1.55. The topological polar surface area (TPSA) is 92.9 Å². The fraction of sp³-hybridized carbons (Fsp3) is 0.167. The first-order chi connectivity index (χ1) is 12.1. The number of hydrogen-bond acceptors (Lipinski definition) is 4. The molecule has 128 valence electrons. The third kappa shape index (κ3) is 3.77. The lowest BCUT2D eigenvalue weighted by Crippen LogP contribution is -2.30. The summed E-state index contributed by atoms with van der Waals surface area (Å²) in [5.41, 5.74) is 1.85. The lowest BCUT2D eigenvalue weighted by atomic mass is 10.0. The second-order valence-corrected chi connectivity index (χ2v) is 5.51. The summed E-state index contributed by atoms with van der Waals surface area (Å²) in [5.74, 6) is -0.682. The summed E-state index contributed by atoms with van der Waals surface area (Å²) in [5, 5.41) is 11.9. The van der Waals surface area contributed by atoms with Crippen molar-refractivity contribution in [2.45, 2.75) is 12.5 Å². The molecule has 0 saturated carbocycles. The zero-order valence-electron chi connectivity index (χ0n) is 13.5. The van der Waals surface area contributed by atoms with Crippen LogP contribution in [0.5, 0.6) is 5.75 Å². The van der Waals surface area contributed by atoms with Crippen molar-refractivity contribution in [3.8, 4) is 5.75 Å². The normalized spacial score (nSPS) is 11.9. The van der Waals surface area contributed by atoms with Crippen molar-refractivity contribution in [3.05, 3.63) is 66.1 Å². The molecule has 1 amide bonds. The maximum absolute atomic E-state index is 12.5. The standard InChI is InChI=1S/C18H17N3O4/c1-25-14-5-2-12(3-6-14)15(10-17(22)23)20-18(24)13-4-7-16-19-8-9-21(16)11-13/h2-9,11,15H,10H2,1H3,(H,20,24)(H,22,23)/t15-/m1/s1. The summed E-state index contributed by atoms with van der Waals surface area (Å²) in [4.78, 5) is 27.8. The van der Waals surface area contributed by atoms with Gasteiger partial charge in [0.1, 0.15) is 11.4 Å². The van der Waals surface area contributed by atoms with Gasteiger partial charge in [-0.15, -0.1) is 0 Å². The van der Waals surface area contributed by atoms with Crippen LogP contribution < -0.4 is 10.1 Å². The van der Waals surface area contributed by atoms with Crippen molar-refractivity contribution in [2.75, 3.05) is 7.11 Å². The molecule has 0 saturated heterocycles. The van der Waals surface area contributed by atoms with Gasteiger partial charge >= 0.3 is 5.97 Å². The van der Waals surface area contributed by atoms with Gasteiger partial charge in [-0.3, -0.25) is 9.59 Å². The summed E-state index contributed by atoms with van der Waals surface area (Å²) in [6, 6.07) is 9.69. The first kappa shape index (κ1) is 16.5. The Morgan fingerprint density at radius 2 is 2.00 bits per heavy atom. The Labute approximate surface area is 143 Å². The number of methoxy groups -OCH3 is 1. The summed E-state index contributed by atoms with van der Waals surface area (Å²) in [6.45, 7) is 0. The highest BCUT2D eigenvalue weighted by atomic mass is 16.5. The van der Waals surface area contributed by atoms with Crippen molar-refractivity contribution >= 4 is 17.5 Å². The number of pyridine rings is 1. The average Bonchev–Trinajstić information content (AvgIpc) is 3.08. The molecular weight excluding hydrogens is 322 g/mol. The highest BCUT2D eigenvalue weighted by Gasteiger charge is 2.19. The Kier molecular flexibility index (Phi) is 4.65. The van der Waals surface area contributed by atoms with E-state index in [1.165, 1.54) is 0 Å². The van der Waals surface area contributed by atoms with Crippen molar-refractivity contribution in [2.24, 2.45) is 0 Å². The molecule has 1 atom stereocenters. The number of carbonyl (C=O) groups excluding carboxylic acids is 1. The minimum Gasteiger partial charge on any atom is -0.497 e. The van der Waals surface area contributed by atoms with Crippen LogP contribution in [0.25, 0.3) is 5.65 Å². The van der Waals surface area contributed by atoms with Gasteiger partial charge in [0.25, 0.3) is 5.91 Å². The fourth-order valence-electron chi connectivity index (χ4n) is 2.56. The number of rotatable bonds is 6. The summed E-state index contributed by atoms with van der Waals surface area (Å²) in [6.07, 6.45) is 4.82. The van der Waals surface area contributed by atoms with Gasteiger partial charge in [0.2, 0.25) is 0 Å². The monoisotopic (exact) mass is 339 g/mol. The third-order valence-corrected chi connectivity index (χ3v) is 3.85. The van der Waals surface area contributed by atoms with Gasteiger partial charge in [0.15, 0.2) is 0 Å². The molecule has 2 N–H and O–H groups in total. The number of carboxylic acids is 1. The Morgan fingerprint density at radius 3 is 2.68 bits per heavy atom. The molecule has 3 rings (SSSR count). The van der Waals surface area contributed by atoms with Crippen molar-refractivity contribution < 1.29 is 19.4 Å². The third-order valence-electron chi connectivity index (χ3n) is 3.85. The van der Waals surface area contributed by atoms with Gasteiger partial charge in [0, 0.05) is 18.6 Å². The van der Waals surface area contributed by atoms with Crippen LogP contribution in [0.2, 0.25) is 0 Å². The van der Waals surface area contributed by atoms with Gasteiger partial charge in [0.05, 0.1) is 25.1 Å².